The second-order valence-electron chi connectivity index (χ2n) is 4.95. The van der Waals surface area contributed by atoms with Crippen LogP contribution in [0.2, 0.25) is 0 Å². The highest BCUT2D eigenvalue weighted by Gasteiger charge is 2.19. The number of aromatic nitrogens is 2. The molecule has 0 aliphatic carbocycles. The fraction of sp³-hybridized carbons (Fsp3) is 0.188. The fourth-order valence-corrected chi connectivity index (χ4v) is 2.60. The Balaban J connectivity index is 1.53. The molecule has 6 nitrogen and oxygen atoms in total. The molecule has 0 saturated carbocycles. The van der Waals surface area contributed by atoms with Gasteiger partial charge in [-0.15, -0.1) is 10.2 Å². The van der Waals surface area contributed by atoms with Crippen molar-refractivity contribution in [2.24, 2.45) is 0 Å². The largest absolute Gasteiger partial charge is 0.459 e. The SMILES string of the molecule is C[C@@H](Sc1nnc(-c2ccco2)o1)C(=O)NCc1ccc(F)cc1. The van der Waals surface area contributed by atoms with Crippen LogP contribution in [-0.2, 0) is 11.3 Å². The van der Waals surface area contributed by atoms with Crippen molar-refractivity contribution in [3.8, 4) is 11.7 Å². The van der Waals surface area contributed by atoms with E-state index >= 15 is 0 Å². The Hall–Kier alpha value is -2.61. The zero-order chi connectivity index (χ0) is 16.9. The van der Waals surface area contributed by atoms with E-state index in [1.54, 1.807) is 31.2 Å². The van der Waals surface area contributed by atoms with E-state index in [0.717, 1.165) is 17.3 Å². The van der Waals surface area contributed by atoms with Crippen LogP contribution in [0.25, 0.3) is 11.7 Å². The highest BCUT2D eigenvalue weighted by molar-refractivity contribution is 8.00. The van der Waals surface area contributed by atoms with Crippen LogP contribution in [0.4, 0.5) is 4.39 Å². The van der Waals surface area contributed by atoms with Crippen molar-refractivity contribution in [1.29, 1.82) is 0 Å². The molecule has 3 aromatic rings. The average molecular weight is 347 g/mol. The first-order valence-corrected chi connectivity index (χ1v) is 8.06. The smallest absolute Gasteiger partial charge is 0.284 e. The molecule has 0 unspecified atom stereocenters. The van der Waals surface area contributed by atoms with Crippen LogP contribution in [-0.4, -0.2) is 21.4 Å². The maximum absolute atomic E-state index is 12.8. The molecule has 0 saturated heterocycles. The minimum atomic E-state index is -0.421. The Morgan fingerprint density at radius 1 is 1.29 bits per heavy atom. The lowest BCUT2D eigenvalue weighted by Crippen LogP contribution is -2.30. The molecule has 0 aliphatic rings. The van der Waals surface area contributed by atoms with Gasteiger partial charge in [-0.1, -0.05) is 23.9 Å². The lowest BCUT2D eigenvalue weighted by atomic mass is 10.2. The normalized spacial score (nSPS) is 12.1. The lowest BCUT2D eigenvalue weighted by molar-refractivity contribution is -0.120. The number of rotatable bonds is 6. The number of thioether (sulfide) groups is 1. The number of hydrogen-bond donors (Lipinski definition) is 1. The third-order valence-electron chi connectivity index (χ3n) is 3.17. The van der Waals surface area contributed by atoms with Crippen LogP contribution in [0, 0.1) is 5.82 Å². The molecule has 8 heteroatoms. The first kappa shape index (κ1) is 16.3. The van der Waals surface area contributed by atoms with Crippen molar-refractivity contribution in [2.45, 2.75) is 23.9 Å². The van der Waals surface area contributed by atoms with E-state index in [0.29, 0.717) is 12.3 Å². The van der Waals surface area contributed by atoms with E-state index in [-0.39, 0.29) is 22.8 Å². The molecule has 2 aromatic heterocycles. The number of benzene rings is 1. The zero-order valence-electron chi connectivity index (χ0n) is 12.7. The number of carbonyl (C=O) groups excluding carboxylic acids is 1. The summed E-state index contributed by atoms with van der Waals surface area (Å²) in [6, 6.07) is 9.39. The summed E-state index contributed by atoms with van der Waals surface area (Å²) < 4.78 is 23.5. The van der Waals surface area contributed by atoms with Gasteiger partial charge in [0.05, 0.1) is 11.5 Å². The van der Waals surface area contributed by atoms with Gasteiger partial charge in [-0.25, -0.2) is 4.39 Å². The Labute approximate surface area is 141 Å². The molecule has 0 bridgehead atoms. The highest BCUT2D eigenvalue weighted by atomic mass is 32.2. The second kappa shape index (κ2) is 7.31. The molecule has 124 valence electrons. The number of hydrogen-bond acceptors (Lipinski definition) is 6. The predicted octanol–water partition coefficient (Wildman–Crippen LogP) is 3.27. The van der Waals surface area contributed by atoms with E-state index in [9.17, 15) is 9.18 Å². The maximum Gasteiger partial charge on any atom is 0.284 e. The number of nitrogens with one attached hydrogen (secondary N) is 1. The molecule has 1 amide bonds. The van der Waals surface area contributed by atoms with Gasteiger partial charge in [0.25, 0.3) is 11.1 Å². The molecular weight excluding hydrogens is 333 g/mol. The number of nitrogens with zero attached hydrogens (tertiary/aromatic N) is 2. The first-order chi connectivity index (χ1) is 11.6. The van der Waals surface area contributed by atoms with Gasteiger partial charge in [-0.2, -0.15) is 0 Å². The van der Waals surface area contributed by atoms with E-state index in [1.165, 1.54) is 18.4 Å². The van der Waals surface area contributed by atoms with Gasteiger partial charge in [0.15, 0.2) is 5.76 Å². The van der Waals surface area contributed by atoms with Crippen LogP contribution >= 0.6 is 11.8 Å². The predicted molar refractivity (Wildman–Crippen MR) is 85.6 cm³/mol. The third kappa shape index (κ3) is 4.02. The summed E-state index contributed by atoms with van der Waals surface area (Å²) in [7, 11) is 0. The van der Waals surface area contributed by atoms with Crippen LogP contribution in [0.3, 0.4) is 0 Å². The Bertz CT molecular complexity index is 802. The summed E-state index contributed by atoms with van der Waals surface area (Å²) in [4.78, 5) is 12.1. The Morgan fingerprint density at radius 2 is 2.08 bits per heavy atom. The van der Waals surface area contributed by atoms with Gasteiger partial charge in [-0.3, -0.25) is 4.79 Å². The fourth-order valence-electron chi connectivity index (χ4n) is 1.90. The quantitative estimate of drug-likeness (QED) is 0.689. The molecular formula is C16H14FN3O3S. The summed E-state index contributed by atoms with van der Waals surface area (Å²) in [6.45, 7) is 2.06. The summed E-state index contributed by atoms with van der Waals surface area (Å²) in [6.07, 6.45) is 1.51. The number of carbonyl (C=O) groups is 1. The number of halogens is 1. The van der Waals surface area contributed by atoms with Gasteiger partial charge in [0.1, 0.15) is 5.82 Å². The molecule has 24 heavy (non-hydrogen) atoms. The third-order valence-corrected chi connectivity index (χ3v) is 4.10. The van der Waals surface area contributed by atoms with Gasteiger partial charge in [0, 0.05) is 6.54 Å². The molecule has 3 rings (SSSR count). The Kier molecular flexibility index (Phi) is 4.95. The van der Waals surface area contributed by atoms with E-state index in [1.807, 2.05) is 0 Å². The Morgan fingerprint density at radius 3 is 2.79 bits per heavy atom. The molecule has 1 aromatic carbocycles. The lowest BCUT2D eigenvalue weighted by Gasteiger charge is -2.09. The van der Waals surface area contributed by atoms with Crippen molar-refractivity contribution in [3.63, 3.8) is 0 Å². The zero-order valence-corrected chi connectivity index (χ0v) is 13.5. The van der Waals surface area contributed by atoms with E-state index in [4.69, 9.17) is 8.83 Å². The van der Waals surface area contributed by atoms with Crippen molar-refractivity contribution < 1.29 is 18.0 Å². The van der Waals surface area contributed by atoms with Crippen LogP contribution in [0.15, 0.2) is 56.7 Å². The number of furan rings is 1. The van der Waals surface area contributed by atoms with Gasteiger partial charge < -0.3 is 14.2 Å². The van der Waals surface area contributed by atoms with Crippen LogP contribution in [0.1, 0.15) is 12.5 Å². The molecule has 1 N–H and O–H groups in total. The van der Waals surface area contributed by atoms with Crippen LogP contribution < -0.4 is 5.32 Å². The molecule has 1 atom stereocenters. The monoisotopic (exact) mass is 347 g/mol. The molecule has 0 aliphatic heterocycles. The first-order valence-electron chi connectivity index (χ1n) is 7.18. The van der Waals surface area contributed by atoms with Gasteiger partial charge in [-0.05, 0) is 36.8 Å². The highest BCUT2D eigenvalue weighted by Crippen LogP contribution is 2.26. The summed E-state index contributed by atoms with van der Waals surface area (Å²) in [5.74, 6) is 0.254. The molecule has 0 spiro atoms. The second-order valence-corrected chi connectivity index (χ2v) is 6.25. The molecule has 0 fully saturated rings. The summed E-state index contributed by atoms with van der Waals surface area (Å²) >= 11 is 1.15. The van der Waals surface area contributed by atoms with Gasteiger partial charge >= 0.3 is 0 Å². The van der Waals surface area contributed by atoms with E-state index < -0.39 is 5.25 Å². The summed E-state index contributed by atoms with van der Waals surface area (Å²) in [5.41, 5.74) is 0.819. The van der Waals surface area contributed by atoms with Crippen molar-refractivity contribution in [3.05, 3.63) is 54.0 Å². The van der Waals surface area contributed by atoms with Gasteiger partial charge in [0.2, 0.25) is 5.91 Å². The standard InChI is InChI=1S/C16H14FN3O3S/c1-10(14(21)18-9-11-4-6-12(17)7-5-11)24-16-20-19-15(23-16)13-3-2-8-22-13/h2-8,10H,9H2,1H3,(H,18,21)/t10-/m1/s1. The topological polar surface area (TPSA) is 81.2 Å². The van der Waals surface area contributed by atoms with E-state index in [2.05, 4.69) is 15.5 Å². The molecule has 2 heterocycles. The van der Waals surface area contributed by atoms with Crippen LogP contribution in [0.5, 0.6) is 0 Å². The number of amides is 1. The average Bonchev–Trinajstić information content (AvgIpc) is 3.25. The van der Waals surface area contributed by atoms with Crippen molar-refractivity contribution in [1.82, 2.24) is 15.5 Å². The minimum absolute atomic E-state index is 0.179. The summed E-state index contributed by atoms with van der Waals surface area (Å²) in [5, 5.41) is 10.4. The maximum atomic E-state index is 12.8. The van der Waals surface area contributed by atoms with Crippen molar-refractivity contribution in [2.75, 3.05) is 0 Å². The molecule has 0 radical (unpaired) electrons. The minimum Gasteiger partial charge on any atom is -0.459 e. The van der Waals surface area contributed by atoms with Crippen molar-refractivity contribution >= 4 is 17.7 Å².